The minimum absolute atomic E-state index is 0.253. The second-order valence-corrected chi connectivity index (χ2v) is 6.90. The van der Waals surface area contributed by atoms with Crippen LogP contribution in [0.15, 0.2) is 30.7 Å². The molecule has 31 heavy (non-hydrogen) atoms. The zero-order valence-electron chi connectivity index (χ0n) is 17.8. The Balaban J connectivity index is 0.000000391. The number of nitrogens with zero attached hydrogens (tertiary/aromatic N) is 7. The van der Waals surface area contributed by atoms with Gasteiger partial charge in [-0.05, 0) is 19.9 Å². The highest BCUT2D eigenvalue weighted by Crippen LogP contribution is 2.26. The van der Waals surface area contributed by atoms with Gasteiger partial charge in [-0.1, -0.05) is 0 Å². The van der Waals surface area contributed by atoms with Crippen molar-refractivity contribution in [2.24, 2.45) is 0 Å². The maximum absolute atomic E-state index is 8.75. The van der Waals surface area contributed by atoms with E-state index in [0.717, 1.165) is 37.7 Å². The maximum atomic E-state index is 8.75. The molecule has 0 atom stereocenters. The van der Waals surface area contributed by atoms with Crippen LogP contribution < -0.4 is 16.0 Å². The average Bonchev–Trinajstić information content (AvgIpc) is 3.31. The van der Waals surface area contributed by atoms with Crippen molar-refractivity contribution in [2.45, 2.75) is 19.9 Å². The van der Waals surface area contributed by atoms with Crippen molar-refractivity contribution in [2.75, 3.05) is 44.0 Å². The molecule has 4 rings (SSSR count). The molecule has 1 saturated heterocycles. The van der Waals surface area contributed by atoms with Crippen molar-refractivity contribution in [1.29, 1.82) is 5.26 Å². The normalized spacial score (nSPS) is 13.1. The third-order valence-electron chi connectivity index (χ3n) is 4.31. The second kappa shape index (κ2) is 11.0. The minimum atomic E-state index is 0.253. The van der Waals surface area contributed by atoms with E-state index in [1.54, 1.807) is 0 Å². The van der Waals surface area contributed by atoms with Crippen LogP contribution in [0.5, 0.6) is 0 Å². The molecule has 0 saturated carbocycles. The van der Waals surface area contributed by atoms with Crippen molar-refractivity contribution in [3.8, 4) is 17.5 Å². The van der Waals surface area contributed by atoms with Crippen molar-refractivity contribution in [3.05, 3.63) is 36.4 Å². The molecule has 1 fully saturated rings. The van der Waals surface area contributed by atoms with E-state index in [9.17, 15) is 0 Å². The highest BCUT2D eigenvalue weighted by molar-refractivity contribution is 5.73. The zero-order valence-corrected chi connectivity index (χ0v) is 17.8. The Morgan fingerprint density at radius 2 is 1.97 bits per heavy atom. The van der Waals surface area contributed by atoms with Crippen LogP contribution in [0.4, 0.5) is 17.3 Å². The maximum Gasteiger partial charge on any atom is 0.158 e. The fraction of sp³-hybridized carbons (Fsp3) is 0.400. The standard InChI is InChI=1S/C16H17N9.C4H9NO/c1-10(2)25-5-4-12(24-25)16-13(18-3)6-14(22-23-16)21-15-9-19-11(7-17)8-20-15;1-3-6-4-2-5-1/h4-6,8-10H,1-3H3,(H2,18,20,21,22);5H,1-4H2. The van der Waals surface area contributed by atoms with E-state index in [0.29, 0.717) is 17.3 Å². The lowest BCUT2D eigenvalue weighted by Gasteiger charge is -2.10. The van der Waals surface area contributed by atoms with Crippen molar-refractivity contribution in [1.82, 2.24) is 35.3 Å². The molecule has 3 aromatic heterocycles. The van der Waals surface area contributed by atoms with Gasteiger partial charge in [0, 0.05) is 38.4 Å². The number of anilines is 3. The molecule has 0 spiro atoms. The third kappa shape index (κ3) is 6.18. The SMILES string of the molecule is C1COCCN1.CNc1cc(Nc2cnc(C#N)cn2)nnc1-c1ccn(C(C)C)n1. The lowest BCUT2D eigenvalue weighted by Crippen LogP contribution is -2.30. The Morgan fingerprint density at radius 3 is 2.48 bits per heavy atom. The Labute approximate surface area is 180 Å². The van der Waals surface area contributed by atoms with Gasteiger partial charge in [-0.25, -0.2) is 9.97 Å². The summed E-state index contributed by atoms with van der Waals surface area (Å²) >= 11 is 0. The van der Waals surface area contributed by atoms with Crippen LogP contribution in [0.3, 0.4) is 0 Å². The first-order chi connectivity index (χ1) is 15.1. The van der Waals surface area contributed by atoms with Gasteiger partial charge >= 0.3 is 0 Å². The molecule has 0 unspecified atom stereocenters. The molecule has 0 aromatic carbocycles. The first-order valence-electron chi connectivity index (χ1n) is 9.99. The molecule has 162 valence electrons. The number of nitriles is 1. The third-order valence-corrected chi connectivity index (χ3v) is 4.31. The van der Waals surface area contributed by atoms with Crippen molar-refractivity contribution in [3.63, 3.8) is 0 Å². The molecule has 0 amide bonds. The fourth-order valence-corrected chi connectivity index (χ4v) is 2.68. The molecule has 3 N–H and O–H groups in total. The summed E-state index contributed by atoms with van der Waals surface area (Å²) in [7, 11) is 1.81. The summed E-state index contributed by atoms with van der Waals surface area (Å²) in [5.74, 6) is 0.989. The predicted molar refractivity (Wildman–Crippen MR) is 117 cm³/mol. The van der Waals surface area contributed by atoms with Gasteiger partial charge in [0.05, 0.1) is 31.3 Å². The Kier molecular flexibility index (Phi) is 7.80. The van der Waals surface area contributed by atoms with Crippen LogP contribution in [0.2, 0.25) is 0 Å². The smallest absolute Gasteiger partial charge is 0.158 e. The van der Waals surface area contributed by atoms with Gasteiger partial charge in [0.25, 0.3) is 0 Å². The van der Waals surface area contributed by atoms with Gasteiger partial charge in [-0.15, -0.1) is 10.2 Å². The van der Waals surface area contributed by atoms with Crippen molar-refractivity contribution >= 4 is 17.3 Å². The Bertz CT molecular complexity index is 994. The summed E-state index contributed by atoms with van der Waals surface area (Å²) in [5, 5.41) is 31.0. The molecule has 3 aromatic rings. The molecule has 1 aliphatic heterocycles. The van der Waals surface area contributed by atoms with Gasteiger partial charge in [-0.3, -0.25) is 4.68 Å². The number of aromatic nitrogens is 6. The predicted octanol–water partition coefficient (Wildman–Crippen LogP) is 1.97. The molecule has 1 aliphatic rings. The summed E-state index contributed by atoms with van der Waals surface area (Å²) in [6.45, 7) is 7.96. The molecular formula is C20H26N10O. The zero-order chi connectivity index (χ0) is 22.1. The topological polar surface area (TPSA) is 138 Å². The number of hydrogen-bond acceptors (Lipinski definition) is 10. The lowest BCUT2D eigenvalue weighted by molar-refractivity contribution is 0.109. The summed E-state index contributed by atoms with van der Waals surface area (Å²) < 4.78 is 6.88. The molecule has 0 radical (unpaired) electrons. The van der Waals surface area contributed by atoms with E-state index in [1.165, 1.54) is 12.4 Å². The quantitative estimate of drug-likeness (QED) is 0.559. The van der Waals surface area contributed by atoms with Crippen LogP contribution in [-0.4, -0.2) is 63.3 Å². The van der Waals surface area contributed by atoms with E-state index in [1.807, 2.05) is 36.1 Å². The van der Waals surface area contributed by atoms with E-state index in [-0.39, 0.29) is 11.7 Å². The van der Waals surface area contributed by atoms with Crippen LogP contribution in [-0.2, 0) is 4.74 Å². The van der Waals surface area contributed by atoms with E-state index >= 15 is 0 Å². The summed E-state index contributed by atoms with van der Waals surface area (Å²) in [5.41, 5.74) is 2.45. The lowest BCUT2D eigenvalue weighted by atomic mass is 10.2. The van der Waals surface area contributed by atoms with Crippen molar-refractivity contribution < 1.29 is 4.74 Å². The van der Waals surface area contributed by atoms with E-state index in [2.05, 4.69) is 55.1 Å². The average molecular weight is 422 g/mol. The van der Waals surface area contributed by atoms with Gasteiger partial charge in [-0.2, -0.15) is 10.4 Å². The number of rotatable bonds is 5. The highest BCUT2D eigenvalue weighted by Gasteiger charge is 2.13. The molecule has 4 heterocycles. The van der Waals surface area contributed by atoms with Crippen LogP contribution in [0.25, 0.3) is 11.4 Å². The number of ether oxygens (including phenoxy) is 1. The van der Waals surface area contributed by atoms with Crippen LogP contribution in [0, 0.1) is 11.3 Å². The summed E-state index contributed by atoms with van der Waals surface area (Å²) in [6.07, 6.45) is 4.78. The number of morpholine rings is 1. The molecule has 11 heteroatoms. The second-order valence-electron chi connectivity index (χ2n) is 6.90. The summed E-state index contributed by atoms with van der Waals surface area (Å²) in [4.78, 5) is 8.06. The molecule has 0 aliphatic carbocycles. The number of hydrogen-bond donors (Lipinski definition) is 3. The Hall–Kier alpha value is -3.62. The Morgan fingerprint density at radius 1 is 1.16 bits per heavy atom. The fourth-order valence-electron chi connectivity index (χ4n) is 2.68. The molecule has 0 bridgehead atoms. The van der Waals surface area contributed by atoms with Gasteiger partial charge in [0.2, 0.25) is 0 Å². The number of nitrogens with one attached hydrogen (secondary N) is 3. The minimum Gasteiger partial charge on any atom is -0.386 e. The van der Waals surface area contributed by atoms with Gasteiger partial charge < -0.3 is 20.7 Å². The monoisotopic (exact) mass is 422 g/mol. The van der Waals surface area contributed by atoms with E-state index in [4.69, 9.17) is 10.00 Å². The highest BCUT2D eigenvalue weighted by atomic mass is 16.5. The van der Waals surface area contributed by atoms with Gasteiger partial charge in [0.1, 0.15) is 23.3 Å². The molecular weight excluding hydrogens is 396 g/mol. The summed E-state index contributed by atoms with van der Waals surface area (Å²) in [6, 6.07) is 5.92. The van der Waals surface area contributed by atoms with Gasteiger partial charge in [0.15, 0.2) is 11.5 Å². The largest absolute Gasteiger partial charge is 0.386 e. The van der Waals surface area contributed by atoms with Crippen LogP contribution in [0.1, 0.15) is 25.6 Å². The molecule has 11 nitrogen and oxygen atoms in total. The van der Waals surface area contributed by atoms with Crippen LogP contribution >= 0.6 is 0 Å². The first-order valence-corrected chi connectivity index (χ1v) is 9.99. The first kappa shape index (κ1) is 22.1. The van der Waals surface area contributed by atoms with E-state index < -0.39 is 0 Å².